The Morgan fingerprint density at radius 2 is 1.94 bits per heavy atom. The molecule has 0 heterocycles. The van der Waals surface area contributed by atoms with E-state index in [0.29, 0.717) is 0 Å². The lowest BCUT2D eigenvalue weighted by Gasteiger charge is -2.51. The highest BCUT2D eigenvalue weighted by molar-refractivity contribution is 4.99. The van der Waals surface area contributed by atoms with Crippen LogP contribution in [0.4, 0.5) is 0 Å². The predicted molar refractivity (Wildman–Crippen MR) is 71.4 cm³/mol. The zero-order chi connectivity index (χ0) is 12.3. The maximum absolute atomic E-state index is 6.13. The van der Waals surface area contributed by atoms with Crippen LogP contribution in [0.3, 0.4) is 0 Å². The van der Waals surface area contributed by atoms with Gasteiger partial charge in [0.1, 0.15) is 0 Å². The van der Waals surface area contributed by atoms with Gasteiger partial charge in [-0.25, -0.2) is 0 Å². The summed E-state index contributed by atoms with van der Waals surface area (Å²) in [5.74, 6) is 2.28. The quantitative estimate of drug-likeness (QED) is 0.798. The maximum atomic E-state index is 6.13. The van der Waals surface area contributed by atoms with Gasteiger partial charge in [0.2, 0.25) is 0 Å². The molecule has 0 aromatic heterocycles. The predicted octanol–water partition coefficient (Wildman–Crippen LogP) is 2.73. The van der Waals surface area contributed by atoms with E-state index in [-0.39, 0.29) is 5.54 Å². The number of nitrogens with zero attached hydrogens (tertiary/aromatic N) is 1. The van der Waals surface area contributed by atoms with Crippen LogP contribution in [0.15, 0.2) is 0 Å². The smallest absolute Gasteiger partial charge is 0.0356 e. The molecule has 0 radical (unpaired) electrons. The summed E-state index contributed by atoms with van der Waals surface area (Å²) in [5.41, 5.74) is 6.38. The van der Waals surface area contributed by atoms with Crippen LogP contribution >= 0.6 is 0 Å². The fourth-order valence-corrected chi connectivity index (χ4v) is 3.41. The van der Waals surface area contributed by atoms with Gasteiger partial charge >= 0.3 is 0 Å². The maximum Gasteiger partial charge on any atom is 0.0356 e. The Balaban J connectivity index is 2.80. The van der Waals surface area contributed by atoms with E-state index in [1.165, 1.54) is 19.3 Å². The van der Waals surface area contributed by atoms with Crippen LogP contribution in [0.1, 0.15) is 47.0 Å². The molecule has 1 aliphatic rings. The lowest BCUT2D eigenvalue weighted by atomic mass is 9.68. The van der Waals surface area contributed by atoms with Crippen molar-refractivity contribution in [3.63, 3.8) is 0 Å². The van der Waals surface area contributed by atoms with Gasteiger partial charge in [-0.2, -0.15) is 0 Å². The molecule has 1 saturated carbocycles. The molecule has 3 unspecified atom stereocenters. The molecular formula is C14H30N2. The lowest BCUT2D eigenvalue weighted by Crippen LogP contribution is -2.59. The fourth-order valence-electron chi connectivity index (χ4n) is 3.41. The highest BCUT2D eigenvalue weighted by Gasteiger charge is 2.42. The third-order valence-corrected chi connectivity index (χ3v) is 4.46. The van der Waals surface area contributed by atoms with Crippen LogP contribution in [0, 0.1) is 17.8 Å². The highest BCUT2D eigenvalue weighted by Crippen LogP contribution is 2.40. The molecule has 0 bridgehead atoms. The number of hydrogen-bond acceptors (Lipinski definition) is 2. The summed E-state index contributed by atoms with van der Waals surface area (Å²) < 4.78 is 0. The van der Waals surface area contributed by atoms with Crippen molar-refractivity contribution >= 4 is 0 Å². The standard InChI is InChI=1S/C14H30N2/c1-11(2)9-16(5)14(10-15)8-12(3)6-7-13(14)4/h11-13H,6-10,15H2,1-5H3. The zero-order valence-corrected chi connectivity index (χ0v) is 11.8. The molecule has 3 atom stereocenters. The van der Waals surface area contributed by atoms with E-state index >= 15 is 0 Å². The van der Waals surface area contributed by atoms with Crippen LogP contribution in [0.5, 0.6) is 0 Å². The minimum absolute atomic E-state index is 0.252. The van der Waals surface area contributed by atoms with Gasteiger partial charge in [-0.05, 0) is 37.6 Å². The molecule has 2 N–H and O–H groups in total. The number of likely N-dealkylation sites (N-methyl/N-ethyl adjacent to an activating group) is 1. The molecule has 2 heteroatoms. The third kappa shape index (κ3) is 2.78. The Morgan fingerprint density at radius 1 is 1.31 bits per heavy atom. The van der Waals surface area contributed by atoms with E-state index in [9.17, 15) is 0 Å². The van der Waals surface area contributed by atoms with E-state index < -0.39 is 0 Å². The highest BCUT2D eigenvalue weighted by atomic mass is 15.2. The topological polar surface area (TPSA) is 29.3 Å². The van der Waals surface area contributed by atoms with Crippen molar-refractivity contribution in [1.29, 1.82) is 0 Å². The van der Waals surface area contributed by atoms with E-state index in [4.69, 9.17) is 5.73 Å². The lowest BCUT2D eigenvalue weighted by molar-refractivity contribution is 0.00772. The van der Waals surface area contributed by atoms with Gasteiger partial charge in [-0.1, -0.05) is 34.1 Å². The van der Waals surface area contributed by atoms with Crippen molar-refractivity contribution < 1.29 is 0 Å². The summed E-state index contributed by atoms with van der Waals surface area (Å²) in [7, 11) is 2.27. The van der Waals surface area contributed by atoms with Crippen LogP contribution in [0.25, 0.3) is 0 Å². The van der Waals surface area contributed by atoms with E-state index in [2.05, 4.69) is 39.6 Å². The second-order valence-electron chi connectivity index (χ2n) is 6.37. The van der Waals surface area contributed by atoms with E-state index in [1.807, 2.05) is 0 Å². The average molecular weight is 226 g/mol. The number of nitrogens with two attached hydrogens (primary N) is 1. The van der Waals surface area contributed by atoms with Gasteiger partial charge in [-0.3, -0.25) is 4.90 Å². The first-order valence-electron chi connectivity index (χ1n) is 6.83. The van der Waals surface area contributed by atoms with Crippen molar-refractivity contribution in [2.45, 2.75) is 52.5 Å². The van der Waals surface area contributed by atoms with Gasteiger partial charge in [-0.15, -0.1) is 0 Å². The van der Waals surface area contributed by atoms with Crippen molar-refractivity contribution in [3.8, 4) is 0 Å². The fraction of sp³-hybridized carbons (Fsp3) is 1.00. The first-order chi connectivity index (χ1) is 7.42. The SMILES string of the molecule is CC(C)CN(C)C1(CN)CC(C)CCC1C. The Labute approximate surface area is 102 Å². The van der Waals surface area contributed by atoms with Crippen LogP contribution in [-0.2, 0) is 0 Å². The summed E-state index contributed by atoms with van der Waals surface area (Å²) >= 11 is 0. The molecule has 0 saturated heterocycles. The van der Waals surface area contributed by atoms with Crippen molar-refractivity contribution in [2.75, 3.05) is 20.1 Å². The van der Waals surface area contributed by atoms with Crippen molar-refractivity contribution in [3.05, 3.63) is 0 Å². The summed E-state index contributed by atoms with van der Waals surface area (Å²) in [4.78, 5) is 2.54. The molecule has 0 spiro atoms. The van der Waals surface area contributed by atoms with Gasteiger partial charge < -0.3 is 5.73 Å². The minimum Gasteiger partial charge on any atom is -0.329 e. The Hall–Kier alpha value is -0.0800. The van der Waals surface area contributed by atoms with Gasteiger partial charge in [0.15, 0.2) is 0 Å². The molecular weight excluding hydrogens is 196 g/mol. The molecule has 1 aliphatic carbocycles. The van der Waals surface area contributed by atoms with Crippen LogP contribution in [-0.4, -0.2) is 30.6 Å². The summed E-state index contributed by atoms with van der Waals surface area (Å²) in [6.07, 6.45) is 3.98. The van der Waals surface area contributed by atoms with Crippen molar-refractivity contribution in [2.24, 2.45) is 23.5 Å². The summed E-state index contributed by atoms with van der Waals surface area (Å²) in [6, 6.07) is 0. The Morgan fingerprint density at radius 3 is 2.44 bits per heavy atom. The van der Waals surface area contributed by atoms with E-state index in [1.54, 1.807) is 0 Å². The van der Waals surface area contributed by atoms with Crippen molar-refractivity contribution in [1.82, 2.24) is 4.90 Å². The van der Waals surface area contributed by atoms with E-state index in [0.717, 1.165) is 30.8 Å². The Kier molecular flexibility index (Phi) is 4.81. The summed E-state index contributed by atoms with van der Waals surface area (Å²) in [6.45, 7) is 11.3. The van der Waals surface area contributed by atoms with Gasteiger partial charge in [0.05, 0.1) is 0 Å². The largest absolute Gasteiger partial charge is 0.329 e. The van der Waals surface area contributed by atoms with Gasteiger partial charge in [0, 0.05) is 18.6 Å². The summed E-state index contributed by atoms with van der Waals surface area (Å²) in [5, 5.41) is 0. The molecule has 0 aromatic rings. The van der Waals surface area contributed by atoms with Crippen LogP contribution < -0.4 is 5.73 Å². The molecule has 1 rings (SSSR count). The minimum atomic E-state index is 0.252. The van der Waals surface area contributed by atoms with Crippen LogP contribution in [0.2, 0.25) is 0 Å². The number of hydrogen-bond donors (Lipinski definition) is 1. The first kappa shape index (κ1) is 14.0. The molecule has 1 fully saturated rings. The molecule has 0 aliphatic heterocycles. The molecule has 0 amide bonds. The van der Waals surface area contributed by atoms with Gasteiger partial charge in [0.25, 0.3) is 0 Å². The molecule has 0 aromatic carbocycles. The average Bonchev–Trinajstić information content (AvgIpc) is 2.20. The second-order valence-corrected chi connectivity index (χ2v) is 6.37. The second kappa shape index (κ2) is 5.50. The molecule has 2 nitrogen and oxygen atoms in total. The normalized spacial score (nSPS) is 36.0. The third-order valence-electron chi connectivity index (χ3n) is 4.46. The zero-order valence-electron chi connectivity index (χ0n) is 11.8. The molecule has 16 heavy (non-hydrogen) atoms. The first-order valence-corrected chi connectivity index (χ1v) is 6.83. The monoisotopic (exact) mass is 226 g/mol. The number of rotatable bonds is 4. The Bertz CT molecular complexity index is 215. The molecule has 96 valence electrons.